The Morgan fingerprint density at radius 2 is 1.63 bits per heavy atom. The van der Waals surface area contributed by atoms with Crippen LogP contribution < -0.4 is 10.2 Å². The van der Waals surface area contributed by atoms with Crippen molar-refractivity contribution >= 4 is 12.0 Å². The number of rotatable bonds is 5. The summed E-state index contributed by atoms with van der Waals surface area (Å²) in [6.45, 7) is 7.75. The fourth-order valence-electron chi connectivity index (χ4n) is 5.00. The van der Waals surface area contributed by atoms with Crippen LogP contribution in [0.5, 0.6) is 0 Å². The molecule has 1 aromatic carbocycles. The van der Waals surface area contributed by atoms with E-state index >= 15 is 0 Å². The number of likely N-dealkylation sites (tertiary alicyclic amines) is 1. The van der Waals surface area contributed by atoms with Crippen molar-refractivity contribution in [2.75, 3.05) is 37.6 Å². The highest BCUT2D eigenvalue weighted by atomic mass is 19.4. The zero-order valence-corrected chi connectivity index (χ0v) is 20.2. The van der Waals surface area contributed by atoms with E-state index in [2.05, 4.69) is 44.5 Å². The van der Waals surface area contributed by atoms with Crippen LogP contribution in [0.2, 0.25) is 0 Å². The molecule has 190 valence electrons. The molecule has 0 radical (unpaired) electrons. The van der Waals surface area contributed by atoms with Gasteiger partial charge in [0.1, 0.15) is 0 Å². The molecule has 0 aliphatic carbocycles. The van der Waals surface area contributed by atoms with Crippen LogP contribution in [0.15, 0.2) is 42.7 Å². The third kappa shape index (κ3) is 6.42. The third-order valence-electron chi connectivity index (χ3n) is 6.88. The summed E-state index contributed by atoms with van der Waals surface area (Å²) in [5.74, 6) is 0.250. The van der Waals surface area contributed by atoms with Crippen LogP contribution in [-0.4, -0.2) is 76.6 Å². The van der Waals surface area contributed by atoms with Crippen molar-refractivity contribution < 1.29 is 18.0 Å². The number of benzene rings is 1. The van der Waals surface area contributed by atoms with Crippen molar-refractivity contribution in [3.63, 3.8) is 0 Å². The molecule has 4 rings (SSSR count). The Labute approximate surface area is 204 Å². The molecule has 2 saturated heterocycles. The number of halogens is 3. The van der Waals surface area contributed by atoms with E-state index in [9.17, 15) is 18.0 Å². The number of aromatic nitrogens is 2. The van der Waals surface area contributed by atoms with Gasteiger partial charge in [-0.3, -0.25) is 0 Å². The van der Waals surface area contributed by atoms with Crippen LogP contribution in [0.25, 0.3) is 0 Å². The summed E-state index contributed by atoms with van der Waals surface area (Å²) in [6, 6.07) is 10.3. The standard InChI is InChI=1S/C25H33F3N6O/c1-18-16-33(23-29-14-21(15-30-23)25(26,27)28)17-19(2)34(18)24(35)31-22-9-12-32(13-10-22)11-8-20-6-4-3-5-7-20/h3-7,14-15,18-19,22H,8-13,16-17H2,1-2H3,(H,31,35)/t18-,19+. The first kappa shape index (κ1) is 25.2. The number of nitrogens with one attached hydrogen (secondary N) is 1. The lowest BCUT2D eigenvalue weighted by molar-refractivity contribution is -0.138. The van der Waals surface area contributed by atoms with Crippen molar-refractivity contribution in [2.24, 2.45) is 0 Å². The number of hydrogen-bond acceptors (Lipinski definition) is 5. The molecule has 2 aromatic rings. The van der Waals surface area contributed by atoms with E-state index < -0.39 is 11.7 Å². The molecule has 2 fully saturated rings. The maximum atomic E-state index is 13.1. The number of amides is 2. The first-order valence-electron chi connectivity index (χ1n) is 12.2. The monoisotopic (exact) mass is 490 g/mol. The number of carbonyl (C=O) groups is 1. The minimum absolute atomic E-state index is 0.0827. The second-order valence-corrected chi connectivity index (χ2v) is 9.58. The van der Waals surface area contributed by atoms with E-state index in [1.807, 2.05) is 29.7 Å². The van der Waals surface area contributed by atoms with E-state index in [0.29, 0.717) is 13.1 Å². The Hall–Kier alpha value is -2.88. The minimum atomic E-state index is -4.46. The van der Waals surface area contributed by atoms with Gasteiger partial charge in [-0.25, -0.2) is 14.8 Å². The predicted octanol–water partition coefficient (Wildman–Crippen LogP) is 3.81. The largest absolute Gasteiger partial charge is 0.419 e. The van der Waals surface area contributed by atoms with Gasteiger partial charge in [-0.2, -0.15) is 13.2 Å². The van der Waals surface area contributed by atoms with Gasteiger partial charge in [-0.15, -0.1) is 0 Å². The fraction of sp³-hybridized carbons (Fsp3) is 0.560. The van der Waals surface area contributed by atoms with Crippen molar-refractivity contribution in [3.05, 3.63) is 53.9 Å². The third-order valence-corrected chi connectivity index (χ3v) is 6.88. The molecule has 3 heterocycles. The number of alkyl halides is 3. The van der Waals surface area contributed by atoms with Gasteiger partial charge in [0.2, 0.25) is 5.95 Å². The van der Waals surface area contributed by atoms with Crippen molar-refractivity contribution in [1.82, 2.24) is 25.1 Å². The lowest BCUT2D eigenvalue weighted by Gasteiger charge is -2.45. The summed E-state index contributed by atoms with van der Waals surface area (Å²) < 4.78 is 38.4. The highest BCUT2D eigenvalue weighted by molar-refractivity contribution is 5.75. The molecule has 2 atom stereocenters. The Bertz CT molecular complexity index is 951. The van der Waals surface area contributed by atoms with Gasteiger partial charge in [0, 0.05) is 63.2 Å². The molecule has 35 heavy (non-hydrogen) atoms. The van der Waals surface area contributed by atoms with Crippen LogP contribution >= 0.6 is 0 Å². The van der Waals surface area contributed by atoms with Crippen LogP contribution in [-0.2, 0) is 12.6 Å². The Balaban J connectivity index is 1.25. The summed E-state index contributed by atoms with van der Waals surface area (Å²) in [4.78, 5) is 27.1. The smallest absolute Gasteiger partial charge is 0.337 e. The van der Waals surface area contributed by atoms with Crippen LogP contribution in [0, 0.1) is 0 Å². The molecule has 0 unspecified atom stereocenters. The number of piperazine rings is 1. The summed E-state index contributed by atoms with van der Waals surface area (Å²) in [6.07, 6.45) is 0.0188. The molecule has 0 spiro atoms. The summed E-state index contributed by atoms with van der Waals surface area (Å²) in [5.41, 5.74) is 0.471. The number of hydrogen-bond donors (Lipinski definition) is 1. The molecular weight excluding hydrogens is 457 g/mol. The summed E-state index contributed by atoms with van der Waals surface area (Å²) >= 11 is 0. The zero-order chi connectivity index (χ0) is 25.0. The predicted molar refractivity (Wildman–Crippen MR) is 128 cm³/mol. The van der Waals surface area contributed by atoms with Crippen LogP contribution in [0.1, 0.15) is 37.8 Å². The van der Waals surface area contributed by atoms with Crippen LogP contribution in [0.3, 0.4) is 0 Å². The maximum Gasteiger partial charge on any atom is 0.419 e. The molecule has 10 heteroatoms. The average Bonchev–Trinajstić information content (AvgIpc) is 2.83. The van der Waals surface area contributed by atoms with E-state index in [-0.39, 0.29) is 30.1 Å². The van der Waals surface area contributed by atoms with Gasteiger partial charge in [0.25, 0.3) is 0 Å². The SMILES string of the molecule is C[C@@H]1CN(c2ncc(C(F)(F)F)cn2)C[C@H](C)N1C(=O)NC1CCN(CCc2ccccc2)CC1. The Morgan fingerprint density at radius 1 is 1.03 bits per heavy atom. The van der Waals surface area contributed by atoms with Crippen molar-refractivity contribution in [3.8, 4) is 0 Å². The van der Waals surface area contributed by atoms with Crippen molar-refractivity contribution in [2.45, 2.75) is 57.4 Å². The highest BCUT2D eigenvalue weighted by Crippen LogP contribution is 2.29. The molecule has 2 amide bonds. The van der Waals surface area contributed by atoms with Gasteiger partial charge in [-0.1, -0.05) is 30.3 Å². The number of carbonyl (C=O) groups excluding carboxylic acids is 1. The molecule has 7 nitrogen and oxygen atoms in total. The number of piperidine rings is 1. The summed E-state index contributed by atoms with van der Waals surface area (Å²) in [5, 5.41) is 3.21. The van der Waals surface area contributed by atoms with Gasteiger partial charge in [0.05, 0.1) is 5.56 Å². The lowest BCUT2D eigenvalue weighted by Crippen LogP contribution is -2.62. The van der Waals surface area contributed by atoms with Crippen molar-refractivity contribution in [1.29, 1.82) is 0 Å². The lowest BCUT2D eigenvalue weighted by atomic mass is 10.0. The second-order valence-electron chi connectivity index (χ2n) is 9.58. The number of nitrogens with zero attached hydrogens (tertiary/aromatic N) is 5. The van der Waals surface area contributed by atoms with Crippen LogP contribution in [0.4, 0.5) is 23.9 Å². The topological polar surface area (TPSA) is 64.6 Å². The van der Waals surface area contributed by atoms with E-state index in [1.165, 1.54) is 5.56 Å². The number of anilines is 1. The van der Waals surface area contributed by atoms with Gasteiger partial charge in [0.15, 0.2) is 0 Å². The minimum Gasteiger partial charge on any atom is -0.337 e. The molecule has 0 saturated carbocycles. The normalized spacial score (nSPS) is 22.3. The molecule has 2 aliphatic rings. The second kappa shape index (κ2) is 10.8. The Kier molecular flexibility index (Phi) is 7.78. The summed E-state index contributed by atoms with van der Waals surface area (Å²) in [7, 11) is 0. The quantitative estimate of drug-likeness (QED) is 0.691. The fourth-order valence-corrected chi connectivity index (χ4v) is 5.00. The van der Waals surface area contributed by atoms with Gasteiger partial charge >= 0.3 is 12.2 Å². The van der Waals surface area contributed by atoms with E-state index in [0.717, 1.165) is 51.3 Å². The molecule has 1 N–H and O–H groups in total. The van der Waals surface area contributed by atoms with Gasteiger partial charge < -0.3 is 20.0 Å². The first-order valence-corrected chi connectivity index (χ1v) is 12.2. The zero-order valence-electron chi connectivity index (χ0n) is 20.2. The first-order chi connectivity index (χ1) is 16.7. The molecular formula is C25H33F3N6O. The Morgan fingerprint density at radius 3 is 2.20 bits per heavy atom. The van der Waals surface area contributed by atoms with Gasteiger partial charge in [-0.05, 0) is 38.7 Å². The molecule has 1 aromatic heterocycles. The van der Waals surface area contributed by atoms with E-state index in [4.69, 9.17) is 0 Å². The highest BCUT2D eigenvalue weighted by Gasteiger charge is 2.36. The average molecular weight is 491 g/mol. The molecule has 0 bridgehead atoms. The van der Waals surface area contributed by atoms with E-state index in [1.54, 1.807) is 0 Å². The maximum absolute atomic E-state index is 13.1. The molecule has 2 aliphatic heterocycles. The number of urea groups is 1.